The second-order valence-electron chi connectivity index (χ2n) is 2.96. The molecule has 0 aliphatic rings. The lowest BCUT2D eigenvalue weighted by atomic mass is 10.2. The maximum Gasteiger partial charge on any atom is 0.298 e. The first-order valence-corrected chi connectivity index (χ1v) is 5.48. The Kier molecular flexibility index (Phi) is 2.09. The number of aromatic hydroxyl groups is 1. The molecule has 6 heteroatoms. The molecule has 2 N–H and O–H groups in total. The van der Waals surface area contributed by atoms with Crippen molar-refractivity contribution < 1.29 is 18.1 Å². The molecule has 0 aliphatic carbocycles. The fourth-order valence-corrected chi connectivity index (χ4v) is 2.17. The van der Waals surface area contributed by atoms with Crippen molar-refractivity contribution in [1.29, 1.82) is 0 Å². The molecule has 0 radical (unpaired) electrons. The molecule has 1 heterocycles. The molecule has 0 fully saturated rings. The zero-order valence-electron chi connectivity index (χ0n) is 7.45. The Morgan fingerprint density at radius 1 is 1.20 bits per heavy atom. The van der Waals surface area contributed by atoms with Gasteiger partial charge in [0.15, 0.2) is 0 Å². The van der Waals surface area contributed by atoms with Crippen LogP contribution in [0.5, 0.6) is 5.75 Å². The van der Waals surface area contributed by atoms with Crippen LogP contribution >= 0.6 is 0 Å². The van der Waals surface area contributed by atoms with Gasteiger partial charge in [-0.25, -0.2) is 0 Å². The molecule has 2 aromatic rings. The van der Waals surface area contributed by atoms with E-state index in [4.69, 9.17) is 4.55 Å². The summed E-state index contributed by atoms with van der Waals surface area (Å²) in [6.07, 6.45) is 1.49. The second kappa shape index (κ2) is 3.18. The summed E-state index contributed by atoms with van der Waals surface area (Å²) < 4.78 is 31.0. The highest BCUT2D eigenvalue weighted by molar-refractivity contribution is 7.86. The molecule has 0 bridgehead atoms. The molecular formula is C9H7NO4S. The van der Waals surface area contributed by atoms with E-state index in [-0.39, 0.29) is 5.39 Å². The summed E-state index contributed by atoms with van der Waals surface area (Å²) in [4.78, 5) is 3.40. The number of hydrogen-bond donors (Lipinski definition) is 2. The van der Waals surface area contributed by atoms with E-state index in [9.17, 15) is 13.5 Å². The van der Waals surface area contributed by atoms with Crippen molar-refractivity contribution in [1.82, 2.24) is 4.98 Å². The van der Waals surface area contributed by atoms with Crippen LogP contribution in [0.2, 0.25) is 0 Å². The van der Waals surface area contributed by atoms with Gasteiger partial charge in [-0.1, -0.05) is 0 Å². The van der Waals surface area contributed by atoms with Crippen LogP contribution in [0, 0.1) is 0 Å². The van der Waals surface area contributed by atoms with Gasteiger partial charge in [0, 0.05) is 11.6 Å². The predicted molar refractivity (Wildman–Crippen MR) is 53.2 cm³/mol. The highest BCUT2D eigenvalue weighted by atomic mass is 32.2. The first-order chi connectivity index (χ1) is 7.00. The number of fused-ring (bicyclic) bond motifs is 1. The Balaban J connectivity index is 2.99. The summed E-state index contributed by atoms with van der Waals surface area (Å²) in [6.45, 7) is 0. The summed E-state index contributed by atoms with van der Waals surface area (Å²) in [5.41, 5.74) is 0.392. The normalized spacial score (nSPS) is 11.8. The van der Waals surface area contributed by atoms with Gasteiger partial charge in [-0.05, 0) is 24.3 Å². The van der Waals surface area contributed by atoms with Crippen LogP contribution in [0.25, 0.3) is 10.9 Å². The third-order valence-corrected chi connectivity index (χ3v) is 2.92. The van der Waals surface area contributed by atoms with E-state index in [2.05, 4.69) is 4.98 Å². The molecule has 5 nitrogen and oxygen atoms in total. The van der Waals surface area contributed by atoms with Gasteiger partial charge in [-0.15, -0.1) is 0 Å². The zero-order chi connectivity index (χ0) is 11.1. The van der Waals surface area contributed by atoms with E-state index in [0.717, 1.165) is 0 Å². The van der Waals surface area contributed by atoms with Crippen LogP contribution in [0.15, 0.2) is 35.4 Å². The van der Waals surface area contributed by atoms with Crippen molar-refractivity contribution in [2.75, 3.05) is 0 Å². The van der Waals surface area contributed by atoms with Crippen LogP contribution in [0.4, 0.5) is 0 Å². The smallest absolute Gasteiger partial charge is 0.298 e. The van der Waals surface area contributed by atoms with Gasteiger partial charge < -0.3 is 5.11 Å². The van der Waals surface area contributed by atoms with E-state index in [1.807, 2.05) is 0 Å². The van der Waals surface area contributed by atoms with Crippen LogP contribution in [-0.4, -0.2) is 23.1 Å². The molecule has 1 aromatic heterocycles. The first kappa shape index (κ1) is 9.88. The van der Waals surface area contributed by atoms with E-state index < -0.39 is 20.8 Å². The van der Waals surface area contributed by atoms with Crippen LogP contribution in [0.3, 0.4) is 0 Å². The van der Waals surface area contributed by atoms with Gasteiger partial charge >= 0.3 is 0 Å². The fourth-order valence-electron chi connectivity index (χ4n) is 1.38. The van der Waals surface area contributed by atoms with Gasteiger partial charge in [0.1, 0.15) is 10.6 Å². The topological polar surface area (TPSA) is 87.5 Å². The minimum absolute atomic E-state index is 0.194. The maximum absolute atomic E-state index is 11.0. The van der Waals surface area contributed by atoms with Gasteiger partial charge in [-0.3, -0.25) is 9.54 Å². The molecule has 0 spiro atoms. The lowest BCUT2D eigenvalue weighted by Crippen LogP contribution is -2.00. The number of phenolic OH excluding ortho intramolecular Hbond substituents is 1. The van der Waals surface area contributed by atoms with Gasteiger partial charge in [0.05, 0.1) is 5.52 Å². The van der Waals surface area contributed by atoms with Gasteiger partial charge in [-0.2, -0.15) is 8.42 Å². The zero-order valence-corrected chi connectivity index (χ0v) is 8.27. The molecule has 0 atom stereocenters. The molecule has 1 aromatic carbocycles. The third-order valence-electron chi connectivity index (χ3n) is 1.97. The Hall–Kier alpha value is -1.66. The molecule has 78 valence electrons. The molecule has 0 unspecified atom stereocenters. The Morgan fingerprint density at radius 3 is 2.60 bits per heavy atom. The molecular weight excluding hydrogens is 218 g/mol. The standard InChI is InChI=1S/C9H7NO4S/c11-8-4-3-7-6(2-1-5-10-7)9(8)15(12,13)14/h1-5,11H,(H,12,13,14). The van der Waals surface area contributed by atoms with Crippen molar-refractivity contribution in [2.45, 2.75) is 4.90 Å². The summed E-state index contributed by atoms with van der Waals surface area (Å²) in [5.74, 6) is -0.488. The van der Waals surface area contributed by atoms with E-state index in [0.29, 0.717) is 5.52 Å². The summed E-state index contributed by atoms with van der Waals surface area (Å²) in [5, 5.41) is 9.57. The molecule has 0 saturated carbocycles. The summed E-state index contributed by atoms with van der Waals surface area (Å²) in [7, 11) is -4.45. The number of pyridine rings is 1. The largest absolute Gasteiger partial charge is 0.506 e. The third kappa shape index (κ3) is 1.64. The molecule has 0 aliphatic heterocycles. The number of rotatable bonds is 1. The van der Waals surface area contributed by atoms with E-state index in [1.165, 1.54) is 30.5 Å². The number of aromatic nitrogens is 1. The minimum atomic E-state index is -4.45. The monoisotopic (exact) mass is 225 g/mol. The Labute approximate surface area is 85.8 Å². The van der Waals surface area contributed by atoms with Gasteiger partial charge in [0.25, 0.3) is 10.1 Å². The summed E-state index contributed by atoms with van der Waals surface area (Å²) in [6, 6.07) is 5.64. The van der Waals surface area contributed by atoms with Crippen molar-refractivity contribution in [3.8, 4) is 5.75 Å². The van der Waals surface area contributed by atoms with Crippen LogP contribution in [-0.2, 0) is 10.1 Å². The van der Waals surface area contributed by atoms with Crippen molar-refractivity contribution in [3.63, 3.8) is 0 Å². The van der Waals surface area contributed by atoms with Crippen molar-refractivity contribution in [2.24, 2.45) is 0 Å². The lowest BCUT2D eigenvalue weighted by Gasteiger charge is -2.04. The fraction of sp³-hybridized carbons (Fsp3) is 0. The lowest BCUT2D eigenvalue weighted by molar-refractivity contribution is 0.445. The van der Waals surface area contributed by atoms with Crippen LogP contribution < -0.4 is 0 Å². The number of nitrogens with zero attached hydrogens (tertiary/aromatic N) is 1. The molecule has 15 heavy (non-hydrogen) atoms. The highest BCUT2D eigenvalue weighted by Gasteiger charge is 2.19. The van der Waals surface area contributed by atoms with Crippen LogP contribution in [0.1, 0.15) is 0 Å². The summed E-state index contributed by atoms with van der Waals surface area (Å²) >= 11 is 0. The predicted octanol–water partition coefficient (Wildman–Crippen LogP) is 1.19. The average molecular weight is 225 g/mol. The number of benzene rings is 1. The Bertz CT molecular complexity index is 621. The highest BCUT2D eigenvalue weighted by Crippen LogP contribution is 2.29. The maximum atomic E-state index is 11.0. The molecule has 0 amide bonds. The number of hydrogen-bond acceptors (Lipinski definition) is 4. The second-order valence-corrected chi connectivity index (χ2v) is 4.32. The molecule has 0 saturated heterocycles. The van der Waals surface area contributed by atoms with Crippen molar-refractivity contribution >= 4 is 21.0 Å². The Morgan fingerprint density at radius 2 is 1.93 bits per heavy atom. The first-order valence-electron chi connectivity index (χ1n) is 4.04. The van der Waals surface area contributed by atoms with Gasteiger partial charge in [0.2, 0.25) is 0 Å². The van der Waals surface area contributed by atoms with Crippen molar-refractivity contribution in [3.05, 3.63) is 30.5 Å². The minimum Gasteiger partial charge on any atom is -0.506 e. The number of phenols is 1. The van der Waals surface area contributed by atoms with E-state index >= 15 is 0 Å². The SMILES string of the molecule is O=S(=O)(O)c1c(O)ccc2ncccc12. The average Bonchev–Trinajstić information content (AvgIpc) is 2.15. The van der Waals surface area contributed by atoms with E-state index in [1.54, 1.807) is 0 Å². The quantitative estimate of drug-likeness (QED) is 0.712. The molecule has 2 rings (SSSR count).